The highest BCUT2D eigenvalue weighted by atomic mass is 16.5. The Bertz CT molecular complexity index is 472. The smallest absolute Gasteiger partial charge is 0.334 e. The van der Waals surface area contributed by atoms with Gasteiger partial charge < -0.3 is 14.9 Å². The summed E-state index contributed by atoms with van der Waals surface area (Å²) in [6, 6.07) is 0. The minimum Gasteiger partial charge on any atom is -0.512 e. The van der Waals surface area contributed by atoms with Crippen molar-refractivity contribution in [2.45, 2.75) is 142 Å². The molecule has 0 rings (SSSR count). The molecule has 0 amide bonds. The van der Waals surface area contributed by atoms with Crippen LogP contribution < -0.4 is 0 Å². The lowest BCUT2D eigenvalue weighted by Gasteiger charge is -2.15. The van der Waals surface area contributed by atoms with Gasteiger partial charge in [-0.3, -0.25) is 4.79 Å². The second-order valence-electron chi connectivity index (χ2n) is 8.78. The van der Waals surface area contributed by atoms with Crippen LogP contribution in [0.15, 0.2) is 11.8 Å². The number of aliphatic hydroxyl groups excluding tert-OH is 1. The average Bonchev–Trinajstić information content (AvgIpc) is 2.71. The van der Waals surface area contributed by atoms with Gasteiger partial charge in [-0.05, 0) is 19.3 Å². The summed E-state index contributed by atoms with van der Waals surface area (Å²) in [5.41, 5.74) is 0. The summed E-state index contributed by atoms with van der Waals surface area (Å²) >= 11 is 0. The quantitative estimate of drug-likeness (QED) is 0.0774. The third kappa shape index (κ3) is 21.5. The lowest BCUT2D eigenvalue weighted by molar-refractivity contribution is -0.148. The standard InChI is InChI=1S/C26H48O5/c1-3-5-7-9-10-11-12-13-14-16-18-20-24(22-25(28)29)31-26(30)21-23(27)19-17-15-8-6-4-2/h21,24,27H,3-20,22H2,1-2H3,(H,28,29). The Hall–Kier alpha value is -1.52. The van der Waals surface area contributed by atoms with Gasteiger partial charge in [-0.2, -0.15) is 0 Å². The molecule has 1 unspecified atom stereocenters. The summed E-state index contributed by atoms with van der Waals surface area (Å²) in [5, 5.41) is 19.0. The first-order chi connectivity index (χ1) is 15.0. The zero-order valence-electron chi connectivity index (χ0n) is 20.2. The number of hydrogen-bond acceptors (Lipinski definition) is 4. The molecule has 5 heteroatoms. The molecule has 0 aliphatic carbocycles. The van der Waals surface area contributed by atoms with E-state index in [0.717, 1.165) is 51.0 Å². The third-order valence-corrected chi connectivity index (χ3v) is 5.64. The molecule has 0 fully saturated rings. The van der Waals surface area contributed by atoms with E-state index >= 15 is 0 Å². The number of aliphatic hydroxyl groups is 1. The van der Waals surface area contributed by atoms with Gasteiger partial charge in [-0.15, -0.1) is 0 Å². The van der Waals surface area contributed by atoms with Crippen molar-refractivity contribution >= 4 is 11.9 Å². The Morgan fingerprint density at radius 1 is 0.710 bits per heavy atom. The van der Waals surface area contributed by atoms with Gasteiger partial charge in [0, 0.05) is 6.42 Å². The number of unbranched alkanes of at least 4 members (excludes halogenated alkanes) is 14. The van der Waals surface area contributed by atoms with Gasteiger partial charge in [-0.1, -0.05) is 104 Å². The summed E-state index contributed by atoms with van der Waals surface area (Å²) in [6.45, 7) is 4.39. The predicted octanol–water partition coefficient (Wildman–Crippen LogP) is 7.88. The van der Waals surface area contributed by atoms with Crippen LogP contribution in [0.3, 0.4) is 0 Å². The fourth-order valence-corrected chi connectivity index (χ4v) is 3.75. The molecule has 0 bridgehead atoms. The number of allylic oxidation sites excluding steroid dienone is 1. The van der Waals surface area contributed by atoms with E-state index in [2.05, 4.69) is 13.8 Å². The SMILES string of the molecule is CCCCCCCCCCCCCC(CC(=O)O)OC(=O)C=C(O)CCCCCCC. The van der Waals surface area contributed by atoms with Crippen LogP contribution in [0.4, 0.5) is 0 Å². The number of esters is 1. The fourth-order valence-electron chi connectivity index (χ4n) is 3.75. The van der Waals surface area contributed by atoms with Gasteiger partial charge in [0.1, 0.15) is 6.10 Å². The Morgan fingerprint density at radius 2 is 1.16 bits per heavy atom. The summed E-state index contributed by atoms with van der Waals surface area (Å²) in [6.07, 6.45) is 20.1. The van der Waals surface area contributed by atoms with E-state index in [4.69, 9.17) is 9.84 Å². The van der Waals surface area contributed by atoms with Crippen LogP contribution in [0.2, 0.25) is 0 Å². The number of carbonyl (C=O) groups is 2. The lowest BCUT2D eigenvalue weighted by atomic mass is 10.0. The first-order valence-corrected chi connectivity index (χ1v) is 12.8. The first kappa shape index (κ1) is 29.5. The maximum Gasteiger partial charge on any atom is 0.334 e. The van der Waals surface area contributed by atoms with Crippen molar-refractivity contribution in [1.29, 1.82) is 0 Å². The Balaban J connectivity index is 4.00. The molecule has 182 valence electrons. The minimum absolute atomic E-state index is 0.0188. The average molecular weight is 441 g/mol. The van der Waals surface area contributed by atoms with Gasteiger partial charge in [0.05, 0.1) is 18.3 Å². The lowest BCUT2D eigenvalue weighted by Crippen LogP contribution is -2.21. The van der Waals surface area contributed by atoms with Crippen molar-refractivity contribution in [3.63, 3.8) is 0 Å². The number of carbonyl (C=O) groups excluding carboxylic acids is 1. The summed E-state index contributed by atoms with van der Waals surface area (Å²) in [4.78, 5) is 23.1. The van der Waals surface area contributed by atoms with E-state index in [1.165, 1.54) is 57.8 Å². The largest absolute Gasteiger partial charge is 0.512 e. The molecular formula is C26H48O5. The van der Waals surface area contributed by atoms with Gasteiger partial charge in [-0.25, -0.2) is 4.79 Å². The van der Waals surface area contributed by atoms with E-state index in [1.54, 1.807) is 0 Å². The highest BCUT2D eigenvalue weighted by Gasteiger charge is 2.17. The summed E-state index contributed by atoms with van der Waals surface area (Å²) in [7, 11) is 0. The zero-order valence-corrected chi connectivity index (χ0v) is 20.2. The first-order valence-electron chi connectivity index (χ1n) is 12.8. The van der Waals surface area contributed by atoms with E-state index in [1.807, 2.05) is 0 Å². The van der Waals surface area contributed by atoms with Crippen molar-refractivity contribution in [1.82, 2.24) is 0 Å². The molecule has 0 aromatic heterocycles. The number of rotatable bonds is 22. The molecule has 2 N–H and O–H groups in total. The molecular weight excluding hydrogens is 392 g/mol. The normalized spacial score (nSPS) is 12.6. The van der Waals surface area contributed by atoms with Crippen molar-refractivity contribution in [2.75, 3.05) is 0 Å². The van der Waals surface area contributed by atoms with Crippen LogP contribution in [0, 0.1) is 0 Å². The van der Waals surface area contributed by atoms with Crippen LogP contribution >= 0.6 is 0 Å². The molecule has 0 aliphatic heterocycles. The molecule has 0 aromatic rings. The van der Waals surface area contributed by atoms with Crippen LogP contribution in [-0.4, -0.2) is 28.3 Å². The van der Waals surface area contributed by atoms with Crippen molar-refractivity contribution in [3.05, 3.63) is 11.8 Å². The third-order valence-electron chi connectivity index (χ3n) is 5.64. The van der Waals surface area contributed by atoms with E-state index in [9.17, 15) is 14.7 Å². The molecule has 0 spiro atoms. The number of ether oxygens (including phenoxy) is 1. The van der Waals surface area contributed by atoms with Crippen LogP contribution in [0.25, 0.3) is 0 Å². The molecule has 0 saturated carbocycles. The highest BCUT2D eigenvalue weighted by molar-refractivity contribution is 5.82. The Labute approximate surface area is 190 Å². The molecule has 0 aromatic carbocycles. The Kier molecular flexibility index (Phi) is 20.6. The monoisotopic (exact) mass is 440 g/mol. The van der Waals surface area contributed by atoms with Crippen molar-refractivity contribution in [3.8, 4) is 0 Å². The second kappa shape index (κ2) is 21.7. The topological polar surface area (TPSA) is 83.8 Å². The fraction of sp³-hybridized carbons (Fsp3) is 0.846. The Morgan fingerprint density at radius 3 is 1.65 bits per heavy atom. The maximum atomic E-state index is 12.0. The summed E-state index contributed by atoms with van der Waals surface area (Å²) < 4.78 is 5.31. The van der Waals surface area contributed by atoms with Crippen LogP contribution in [0.5, 0.6) is 0 Å². The number of carboxylic acids is 1. The number of carboxylic acid groups (broad SMARTS) is 1. The minimum atomic E-state index is -0.968. The molecule has 1 atom stereocenters. The second-order valence-corrected chi connectivity index (χ2v) is 8.78. The zero-order chi connectivity index (χ0) is 23.2. The molecule has 31 heavy (non-hydrogen) atoms. The van der Waals surface area contributed by atoms with E-state index in [-0.39, 0.29) is 12.2 Å². The molecule has 0 saturated heterocycles. The van der Waals surface area contributed by atoms with Gasteiger partial charge in [0.25, 0.3) is 0 Å². The van der Waals surface area contributed by atoms with E-state index < -0.39 is 18.0 Å². The van der Waals surface area contributed by atoms with Gasteiger partial charge in [0.15, 0.2) is 0 Å². The van der Waals surface area contributed by atoms with Gasteiger partial charge >= 0.3 is 11.9 Å². The number of hydrogen-bond donors (Lipinski definition) is 2. The molecule has 0 radical (unpaired) electrons. The number of aliphatic carboxylic acids is 1. The molecule has 5 nitrogen and oxygen atoms in total. The molecule has 0 aliphatic rings. The predicted molar refractivity (Wildman–Crippen MR) is 127 cm³/mol. The molecule has 0 heterocycles. The van der Waals surface area contributed by atoms with Gasteiger partial charge in [0.2, 0.25) is 0 Å². The summed E-state index contributed by atoms with van der Waals surface area (Å²) in [5.74, 6) is -1.59. The van der Waals surface area contributed by atoms with Crippen LogP contribution in [-0.2, 0) is 14.3 Å². The maximum absolute atomic E-state index is 12.0. The highest BCUT2D eigenvalue weighted by Crippen LogP contribution is 2.16. The van der Waals surface area contributed by atoms with Crippen molar-refractivity contribution < 1.29 is 24.5 Å². The van der Waals surface area contributed by atoms with E-state index in [0.29, 0.717) is 12.8 Å². The van der Waals surface area contributed by atoms with Crippen molar-refractivity contribution in [2.24, 2.45) is 0 Å². The van der Waals surface area contributed by atoms with Crippen LogP contribution in [0.1, 0.15) is 136 Å².